The summed E-state index contributed by atoms with van der Waals surface area (Å²) in [6.45, 7) is 11.2. The topological polar surface area (TPSA) is 0 Å². The van der Waals surface area contributed by atoms with Crippen molar-refractivity contribution in [1.82, 2.24) is 0 Å². The molecule has 0 saturated carbocycles. The maximum absolute atomic E-state index is 4.10. The average molecular weight is 216 g/mol. The zero-order valence-corrected chi connectivity index (χ0v) is 11.0. The van der Waals surface area contributed by atoms with Crippen molar-refractivity contribution in [2.75, 3.05) is 0 Å². The molecule has 0 heterocycles. The van der Waals surface area contributed by atoms with E-state index in [0.29, 0.717) is 0 Å². The molecule has 0 aliphatic carbocycles. The van der Waals surface area contributed by atoms with Crippen LogP contribution < -0.4 is 0 Å². The first-order chi connectivity index (χ1) is 6.97. The first-order valence-corrected chi connectivity index (χ1v) is 9.09. The Hall–Kier alpha value is -1.08. The second-order valence-electron chi connectivity index (χ2n) is 5.14. The van der Waals surface area contributed by atoms with Crippen molar-refractivity contribution in [3.05, 3.63) is 54.1 Å². The molecule has 0 aliphatic rings. The minimum absolute atomic E-state index is 1.01. The Balaban J connectivity index is 2.56. The van der Waals surface area contributed by atoms with Crippen molar-refractivity contribution >= 4 is 14.1 Å². The fourth-order valence-corrected chi connectivity index (χ4v) is 3.00. The molecule has 0 saturated heterocycles. The van der Waals surface area contributed by atoms with E-state index in [4.69, 9.17) is 0 Å². The summed E-state index contributed by atoms with van der Waals surface area (Å²) in [5.41, 5.74) is 2.49. The zero-order chi connectivity index (χ0) is 11.3. The van der Waals surface area contributed by atoms with E-state index in [9.17, 15) is 0 Å². The van der Waals surface area contributed by atoms with Crippen molar-refractivity contribution < 1.29 is 0 Å². The smallest absolute Gasteiger partial charge is 0.0486 e. The van der Waals surface area contributed by atoms with Gasteiger partial charge in [-0.05, 0) is 11.6 Å². The molecule has 0 fully saturated rings. The summed E-state index contributed by atoms with van der Waals surface area (Å²) in [4.78, 5) is 0. The SMILES string of the molecule is C=C(/C=C/c1ccccc1)C[Si](C)(C)C. The van der Waals surface area contributed by atoms with Gasteiger partial charge in [-0.2, -0.15) is 0 Å². The summed E-state index contributed by atoms with van der Waals surface area (Å²) in [6, 6.07) is 11.5. The van der Waals surface area contributed by atoms with E-state index < -0.39 is 8.07 Å². The van der Waals surface area contributed by atoms with Crippen LogP contribution in [0.2, 0.25) is 25.7 Å². The number of rotatable bonds is 4. The Labute approximate surface area is 94.4 Å². The first kappa shape index (κ1) is 12.0. The van der Waals surface area contributed by atoms with Crippen molar-refractivity contribution in [1.29, 1.82) is 0 Å². The number of hydrogen-bond donors (Lipinski definition) is 0. The standard InChI is InChI=1S/C14H20Si/c1-13(12-15(2,3)4)10-11-14-8-6-5-7-9-14/h5-11H,1,12H2,2-4H3/b11-10+. The first-order valence-electron chi connectivity index (χ1n) is 5.38. The third-order valence-electron chi connectivity index (χ3n) is 2.07. The molecule has 0 atom stereocenters. The average Bonchev–Trinajstić information content (AvgIpc) is 2.14. The summed E-state index contributed by atoms with van der Waals surface area (Å²) < 4.78 is 0. The highest BCUT2D eigenvalue weighted by Gasteiger charge is 2.12. The molecule has 0 radical (unpaired) electrons. The van der Waals surface area contributed by atoms with Gasteiger partial charge in [-0.1, -0.05) is 74.3 Å². The van der Waals surface area contributed by atoms with Crippen LogP contribution in [0.3, 0.4) is 0 Å². The fourth-order valence-electron chi connectivity index (χ4n) is 1.52. The van der Waals surface area contributed by atoms with E-state index in [2.05, 4.69) is 62.6 Å². The monoisotopic (exact) mass is 216 g/mol. The van der Waals surface area contributed by atoms with Gasteiger partial charge in [-0.15, -0.1) is 0 Å². The van der Waals surface area contributed by atoms with Crippen molar-refractivity contribution in [3.8, 4) is 0 Å². The molecule has 1 aromatic carbocycles. The van der Waals surface area contributed by atoms with E-state index in [1.165, 1.54) is 17.2 Å². The third-order valence-corrected chi connectivity index (χ3v) is 3.58. The Morgan fingerprint density at radius 2 is 1.80 bits per heavy atom. The molecule has 1 rings (SSSR count). The van der Waals surface area contributed by atoms with E-state index in [0.717, 1.165) is 0 Å². The molecule has 0 aromatic heterocycles. The van der Waals surface area contributed by atoms with Gasteiger partial charge < -0.3 is 0 Å². The largest absolute Gasteiger partial charge is 0.0961 e. The van der Waals surface area contributed by atoms with Gasteiger partial charge in [0.05, 0.1) is 0 Å². The number of hydrogen-bond acceptors (Lipinski definition) is 0. The lowest BCUT2D eigenvalue weighted by molar-refractivity contribution is 1.42. The lowest BCUT2D eigenvalue weighted by Crippen LogP contribution is -2.19. The minimum atomic E-state index is -1.01. The van der Waals surface area contributed by atoms with E-state index in [-0.39, 0.29) is 0 Å². The maximum Gasteiger partial charge on any atom is 0.0486 e. The highest BCUT2D eigenvalue weighted by atomic mass is 28.3. The predicted molar refractivity (Wildman–Crippen MR) is 72.8 cm³/mol. The van der Waals surface area contributed by atoms with Crippen LogP contribution in [0.5, 0.6) is 0 Å². The minimum Gasteiger partial charge on any atom is -0.0961 e. The highest BCUT2D eigenvalue weighted by Crippen LogP contribution is 2.16. The number of benzene rings is 1. The lowest BCUT2D eigenvalue weighted by Gasteiger charge is -2.15. The summed E-state index contributed by atoms with van der Waals surface area (Å²) in [6.07, 6.45) is 4.29. The van der Waals surface area contributed by atoms with Crippen LogP contribution >= 0.6 is 0 Å². The van der Waals surface area contributed by atoms with Crippen molar-refractivity contribution in [2.24, 2.45) is 0 Å². The molecular weight excluding hydrogens is 196 g/mol. The molecule has 0 spiro atoms. The Kier molecular flexibility index (Phi) is 4.10. The molecule has 0 amide bonds. The van der Waals surface area contributed by atoms with Crippen molar-refractivity contribution in [3.63, 3.8) is 0 Å². The summed E-state index contributed by atoms with van der Waals surface area (Å²) >= 11 is 0. The second kappa shape index (κ2) is 5.13. The summed E-state index contributed by atoms with van der Waals surface area (Å²) in [7, 11) is -1.01. The van der Waals surface area contributed by atoms with Crippen LogP contribution in [-0.4, -0.2) is 8.07 Å². The van der Waals surface area contributed by atoms with Gasteiger partial charge in [-0.3, -0.25) is 0 Å². The van der Waals surface area contributed by atoms with Crippen LogP contribution in [0.15, 0.2) is 48.6 Å². The lowest BCUT2D eigenvalue weighted by atomic mass is 10.2. The molecule has 0 unspecified atom stereocenters. The van der Waals surface area contributed by atoms with Crippen LogP contribution in [0.25, 0.3) is 6.08 Å². The van der Waals surface area contributed by atoms with Crippen molar-refractivity contribution in [2.45, 2.75) is 25.7 Å². The molecule has 0 nitrogen and oxygen atoms in total. The molecule has 1 heteroatoms. The van der Waals surface area contributed by atoms with Gasteiger partial charge in [0.2, 0.25) is 0 Å². The van der Waals surface area contributed by atoms with E-state index in [1.54, 1.807) is 0 Å². The van der Waals surface area contributed by atoms with Gasteiger partial charge in [-0.25, -0.2) is 0 Å². The predicted octanol–water partition coefficient (Wildman–Crippen LogP) is 4.59. The van der Waals surface area contributed by atoms with Crippen LogP contribution in [-0.2, 0) is 0 Å². The fraction of sp³-hybridized carbons (Fsp3) is 0.286. The van der Waals surface area contributed by atoms with E-state index >= 15 is 0 Å². The Morgan fingerprint density at radius 3 is 2.33 bits per heavy atom. The third kappa shape index (κ3) is 5.38. The Morgan fingerprint density at radius 1 is 1.20 bits per heavy atom. The summed E-state index contributed by atoms with van der Waals surface area (Å²) in [5, 5.41) is 0. The molecule has 1 aromatic rings. The van der Waals surface area contributed by atoms with Crippen LogP contribution in [0.1, 0.15) is 5.56 Å². The quantitative estimate of drug-likeness (QED) is 0.510. The Bertz CT molecular complexity index is 341. The van der Waals surface area contributed by atoms with Gasteiger partial charge in [0.15, 0.2) is 0 Å². The number of allylic oxidation sites excluding steroid dienone is 2. The normalized spacial score (nSPS) is 11.9. The van der Waals surface area contributed by atoms with Crippen LogP contribution in [0.4, 0.5) is 0 Å². The highest BCUT2D eigenvalue weighted by molar-refractivity contribution is 6.76. The van der Waals surface area contributed by atoms with Gasteiger partial charge in [0, 0.05) is 8.07 Å². The second-order valence-corrected chi connectivity index (χ2v) is 10.6. The molecular formula is C14H20Si. The van der Waals surface area contributed by atoms with Gasteiger partial charge in [0.25, 0.3) is 0 Å². The molecule has 0 aliphatic heterocycles. The van der Waals surface area contributed by atoms with Crippen LogP contribution in [0, 0.1) is 0 Å². The van der Waals surface area contributed by atoms with Gasteiger partial charge >= 0.3 is 0 Å². The molecule has 0 bridgehead atoms. The molecule has 0 N–H and O–H groups in total. The molecule has 15 heavy (non-hydrogen) atoms. The zero-order valence-electron chi connectivity index (χ0n) is 9.96. The maximum atomic E-state index is 4.10. The summed E-state index contributed by atoms with van der Waals surface area (Å²) in [5.74, 6) is 0. The van der Waals surface area contributed by atoms with Gasteiger partial charge in [0.1, 0.15) is 0 Å². The molecule has 80 valence electrons. The van der Waals surface area contributed by atoms with E-state index in [1.807, 2.05) is 6.07 Å².